The molecular formula is C10H13N5. The predicted octanol–water partition coefficient (Wildman–Crippen LogP) is 1.18. The molecular weight excluding hydrogens is 190 g/mol. The Bertz CT molecular complexity index is 466. The summed E-state index contributed by atoms with van der Waals surface area (Å²) in [4.78, 5) is 4.30. The van der Waals surface area contributed by atoms with Gasteiger partial charge in [-0.2, -0.15) is 5.10 Å². The van der Waals surface area contributed by atoms with Gasteiger partial charge in [0.05, 0.1) is 11.9 Å². The molecule has 0 radical (unpaired) electrons. The zero-order chi connectivity index (χ0) is 10.3. The van der Waals surface area contributed by atoms with Crippen molar-refractivity contribution in [3.63, 3.8) is 0 Å². The molecule has 5 heteroatoms. The lowest BCUT2D eigenvalue weighted by Crippen LogP contribution is -2.07. The van der Waals surface area contributed by atoms with Crippen molar-refractivity contribution in [2.75, 3.05) is 5.32 Å². The molecule has 1 fully saturated rings. The molecule has 0 spiro atoms. The van der Waals surface area contributed by atoms with Gasteiger partial charge >= 0.3 is 0 Å². The Morgan fingerprint density at radius 3 is 3.00 bits per heavy atom. The summed E-state index contributed by atoms with van der Waals surface area (Å²) < 4.78 is 3.81. The van der Waals surface area contributed by atoms with Crippen molar-refractivity contribution < 1.29 is 0 Å². The molecule has 0 aliphatic heterocycles. The van der Waals surface area contributed by atoms with Crippen LogP contribution in [0.15, 0.2) is 24.8 Å². The lowest BCUT2D eigenvalue weighted by atomic mass is 10.5. The molecule has 2 heterocycles. The Kier molecular flexibility index (Phi) is 1.77. The Labute approximate surface area is 87.7 Å². The highest BCUT2D eigenvalue weighted by molar-refractivity contribution is 5.40. The molecule has 0 unspecified atom stereocenters. The van der Waals surface area contributed by atoms with Gasteiger partial charge in [-0.3, -0.25) is 9.25 Å². The van der Waals surface area contributed by atoms with E-state index >= 15 is 0 Å². The first-order valence-corrected chi connectivity index (χ1v) is 5.12. The molecule has 0 saturated heterocycles. The van der Waals surface area contributed by atoms with E-state index < -0.39 is 0 Å². The van der Waals surface area contributed by atoms with Gasteiger partial charge in [0.15, 0.2) is 0 Å². The number of nitrogens with one attached hydrogen (secondary N) is 1. The zero-order valence-electron chi connectivity index (χ0n) is 8.59. The minimum absolute atomic E-state index is 0.614. The Hall–Kier alpha value is -1.78. The van der Waals surface area contributed by atoms with Crippen LogP contribution in [-0.2, 0) is 7.05 Å². The number of nitrogens with zero attached hydrogens (tertiary/aromatic N) is 4. The lowest BCUT2D eigenvalue weighted by molar-refractivity contribution is 0.767. The van der Waals surface area contributed by atoms with E-state index in [2.05, 4.69) is 15.4 Å². The van der Waals surface area contributed by atoms with Crippen LogP contribution in [0, 0.1) is 0 Å². The van der Waals surface area contributed by atoms with Gasteiger partial charge in [-0.05, 0) is 12.8 Å². The molecule has 15 heavy (non-hydrogen) atoms. The van der Waals surface area contributed by atoms with Crippen LogP contribution in [-0.4, -0.2) is 25.4 Å². The molecule has 0 amide bonds. The number of anilines is 1. The molecule has 5 nitrogen and oxygen atoms in total. The number of hydrogen-bond acceptors (Lipinski definition) is 3. The number of aromatic nitrogens is 4. The second kappa shape index (κ2) is 3.12. The highest BCUT2D eigenvalue weighted by Gasteiger charge is 2.22. The molecule has 1 saturated carbocycles. The zero-order valence-corrected chi connectivity index (χ0v) is 8.59. The first-order chi connectivity index (χ1) is 7.33. The quantitative estimate of drug-likeness (QED) is 0.814. The van der Waals surface area contributed by atoms with Gasteiger partial charge in [0.25, 0.3) is 0 Å². The normalized spacial score (nSPS) is 15.5. The van der Waals surface area contributed by atoms with Gasteiger partial charge in [-0.1, -0.05) is 0 Å². The average molecular weight is 203 g/mol. The van der Waals surface area contributed by atoms with Crippen LogP contribution >= 0.6 is 0 Å². The maximum absolute atomic E-state index is 4.30. The fraction of sp³-hybridized carbons (Fsp3) is 0.400. The van der Waals surface area contributed by atoms with Gasteiger partial charge in [0.1, 0.15) is 0 Å². The summed E-state index contributed by atoms with van der Waals surface area (Å²) in [5.41, 5.74) is 1.04. The van der Waals surface area contributed by atoms with Crippen LogP contribution < -0.4 is 5.32 Å². The standard InChI is InChI=1S/C10H13N5/c1-14-7-9(6-12-14)15-5-4-11-10(15)13-8-2-3-8/h4-8H,2-3H2,1H3,(H,11,13). The SMILES string of the molecule is Cn1cc(-n2ccnc2NC2CC2)cn1. The molecule has 0 aromatic carbocycles. The van der Waals surface area contributed by atoms with Crippen LogP contribution in [0.3, 0.4) is 0 Å². The second-order valence-electron chi connectivity index (χ2n) is 3.91. The van der Waals surface area contributed by atoms with Crippen molar-refractivity contribution in [1.82, 2.24) is 19.3 Å². The molecule has 1 aliphatic rings. The largest absolute Gasteiger partial charge is 0.353 e. The van der Waals surface area contributed by atoms with Crippen LogP contribution in [0.5, 0.6) is 0 Å². The summed E-state index contributed by atoms with van der Waals surface area (Å²) in [6.07, 6.45) is 10.1. The Balaban J connectivity index is 1.92. The maximum Gasteiger partial charge on any atom is 0.207 e. The fourth-order valence-corrected chi connectivity index (χ4v) is 1.56. The first-order valence-electron chi connectivity index (χ1n) is 5.12. The van der Waals surface area contributed by atoms with Crippen LogP contribution in [0.2, 0.25) is 0 Å². The van der Waals surface area contributed by atoms with Crippen molar-refractivity contribution in [2.24, 2.45) is 7.05 Å². The molecule has 0 bridgehead atoms. The molecule has 1 N–H and O–H groups in total. The van der Waals surface area contributed by atoms with Crippen LogP contribution in [0.1, 0.15) is 12.8 Å². The van der Waals surface area contributed by atoms with Crippen LogP contribution in [0.25, 0.3) is 5.69 Å². The molecule has 0 atom stereocenters. The summed E-state index contributed by atoms with van der Waals surface area (Å²) in [6, 6.07) is 0.614. The predicted molar refractivity (Wildman–Crippen MR) is 57.0 cm³/mol. The first kappa shape index (κ1) is 8.52. The number of aryl methyl sites for hydroxylation is 1. The summed E-state index contributed by atoms with van der Waals surface area (Å²) in [6.45, 7) is 0. The average Bonchev–Trinajstić information content (AvgIpc) is 2.73. The van der Waals surface area contributed by atoms with E-state index in [-0.39, 0.29) is 0 Å². The molecule has 3 rings (SSSR count). The van der Waals surface area contributed by atoms with Crippen molar-refractivity contribution in [3.05, 3.63) is 24.8 Å². The Morgan fingerprint density at radius 2 is 2.33 bits per heavy atom. The van der Waals surface area contributed by atoms with Crippen molar-refractivity contribution in [2.45, 2.75) is 18.9 Å². The molecule has 2 aromatic rings. The minimum Gasteiger partial charge on any atom is -0.353 e. The van der Waals surface area contributed by atoms with E-state index in [0.717, 1.165) is 11.6 Å². The molecule has 2 aromatic heterocycles. The van der Waals surface area contributed by atoms with Crippen molar-refractivity contribution >= 4 is 5.95 Å². The van der Waals surface area contributed by atoms with E-state index in [1.165, 1.54) is 12.8 Å². The monoisotopic (exact) mass is 203 g/mol. The summed E-state index contributed by atoms with van der Waals surface area (Å²) in [5, 5.41) is 7.54. The van der Waals surface area contributed by atoms with Crippen molar-refractivity contribution in [3.8, 4) is 5.69 Å². The van der Waals surface area contributed by atoms with E-state index in [1.807, 2.05) is 30.2 Å². The van der Waals surface area contributed by atoms with Crippen LogP contribution in [0.4, 0.5) is 5.95 Å². The third-order valence-electron chi connectivity index (χ3n) is 2.52. The Morgan fingerprint density at radius 1 is 1.47 bits per heavy atom. The second-order valence-corrected chi connectivity index (χ2v) is 3.91. The molecule has 1 aliphatic carbocycles. The van der Waals surface area contributed by atoms with E-state index in [4.69, 9.17) is 0 Å². The van der Waals surface area contributed by atoms with E-state index in [1.54, 1.807) is 10.9 Å². The number of rotatable bonds is 3. The lowest BCUT2D eigenvalue weighted by Gasteiger charge is -2.05. The summed E-state index contributed by atoms with van der Waals surface area (Å²) in [5.74, 6) is 0.908. The third-order valence-corrected chi connectivity index (χ3v) is 2.52. The van der Waals surface area contributed by atoms with E-state index in [9.17, 15) is 0 Å². The summed E-state index contributed by atoms with van der Waals surface area (Å²) in [7, 11) is 1.91. The van der Waals surface area contributed by atoms with Gasteiger partial charge in [-0.15, -0.1) is 0 Å². The third kappa shape index (κ3) is 1.60. The minimum atomic E-state index is 0.614. The van der Waals surface area contributed by atoms with Gasteiger partial charge in [-0.25, -0.2) is 4.98 Å². The topological polar surface area (TPSA) is 47.7 Å². The van der Waals surface area contributed by atoms with Crippen molar-refractivity contribution in [1.29, 1.82) is 0 Å². The summed E-state index contributed by atoms with van der Waals surface area (Å²) >= 11 is 0. The maximum atomic E-state index is 4.30. The number of hydrogen-bond donors (Lipinski definition) is 1. The fourth-order valence-electron chi connectivity index (χ4n) is 1.56. The van der Waals surface area contributed by atoms with Gasteiger partial charge in [0.2, 0.25) is 5.95 Å². The molecule has 78 valence electrons. The van der Waals surface area contributed by atoms with Gasteiger partial charge in [0, 0.05) is 31.7 Å². The van der Waals surface area contributed by atoms with Gasteiger partial charge < -0.3 is 5.32 Å². The van der Waals surface area contributed by atoms with E-state index in [0.29, 0.717) is 6.04 Å². The smallest absolute Gasteiger partial charge is 0.207 e. The highest BCUT2D eigenvalue weighted by Crippen LogP contribution is 2.24. The highest BCUT2D eigenvalue weighted by atomic mass is 15.3. The number of imidazole rings is 1.